The van der Waals surface area contributed by atoms with Gasteiger partial charge >= 0.3 is 0 Å². The first-order valence-corrected chi connectivity index (χ1v) is 9.15. The number of para-hydroxylation sites is 1. The molecule has 0 aliphatic heterocycles. The van der Waals surface area contributed by atoms with Gasteiger partial charge in [0.15, 0.2) is 5.13 Å². The number of nitro benzene ring substituents is 1. The molecule has 7 nitrogen and oxygen atoms in total. The molecule has 2 saturated carbocycles. The van der Waals surface area contributed by atoms with Gasteiger partial charge in [0.1, 0.15) is 16.3 Å². The Hall–Kier alpha value is -2.48. The van der Waals surface area contributed by atoms with Crippen LogP contribution in [0.25, 0.3) is 0 Å². The fourth-order valence-electron chi connectivity index (χ4n) is 4.08. The van der Waals surface area contributed by atoms with Crippen LogP contribution < -0.4 is 11.1 Å². The number of nitrogens with two attached hydrogens (primary N) is 1. The SMILES string of the molecule is Nc1nc(N[C@H]2C[C@@H]3CCC2C3)sc1C(=O)c1ccccc1[N+](=O)[O-]. The van der Waals surface area contributed by atoms with Crippen LogP contribution in [-0.4, -0.2) is 21.7 Å². The van der Waals surface area contributed by atoms with Gasteiger partial charge in [0, 0.05) is 12.1 Å². The number of anilines is 2. The Morgan fingerprint density at radius 2 is 2.12 bits per heavy atom. The number of nitrogens with zero attached hydrogens (tertiary/aromatic N) is 2. The third-order valence-corrected chi connectivity index (χ3v) is 6.25. The average Bonchev–Trinajstić information content (AvgIpc) is 3.30. The van der Waals surface area contributed by atoms with Crippen molar-refractivity contribution in [3.8, 4) is 0 Å². The molecular formula is C17H18N4O3S. The number of nitro groups is 1. The van der Waals surface area contributed by atoms with Crippen LogP contribution in [0.1, 0.15) is 40.9 Å². The van der Waals surface area contributed by atoms with Gasteiger partial charge in [0.25, 0.3) is 5.69 Å². The average molecular weight is 358 g/mol. The van der Waals surface area contributed by atoms with E-state index >= 15 is 0 Å². The maximum absolute atomic E-state index is 12.7. The molecule has 4 rings (SSSR count). The number of carbonyl (C=O) groups excluding carboxylic acids is 1. The van der Waals surface area contributed by atoms with E-state index in [0.29, 0.717) is 17.1 Å². The Kier molecular flexibility index (Phi) is 3.91. The van der Waals surface area contributed by atoms with E-state index in [9.17, 15) is 14.9 Å². The zero-order chi connectivity index (χ0) is 17.6. The standard InChI is InChI=1S/C17H18N4O3S/c18-16-15(14(22)11-3-1-2-4-13(11)21(23)24)25-17(20-16)19-12-8-9-5-6-10(12)7-9/h1-4,9-10,12H,5-8,18H2,(H,19,20)/t9-,10?,12+/m1/s1. The summed E-state index contributed by atoms with van der Waals surface area (Å²) in [6, 6.07) is 6.29. The lowest BCUT2D eigenvalue weighted by Crippen LogP contribution is -2.25. The number of ketones is 1. The van der Waals surface area contributed by atoms with Crippen molar-refractivity contribution in [2.24, 2.45) is 11.8 Å². The van der Waals surface area contributed by atoms with Crippen molar-refractivity contribution in [2.75, 3.05) is 11.1 Å². The summed E-state index contributed by atoms with van der Waals surface area (Å²) in [7, 11) is 0. The number of hydrogen-bond donors (Lipinski definition) is 2. The van der Waals surface area contributed by atoms with E-state index < -0.39 is 10.7 Å². The van der Waals surface area contributed by atoms with Gasteiger partial charge in [0.05, 0.1) is 4.92 Å². The highest BCUT2D eigenvalue weighted by atomic mass is 32.1. The second-order valence-corrected chi connectivity index (χ2v) is 7.76. The van der Waals surface area contributed by atoms with Crippen LogP contribution in [0.4, 0.5) is 16.6 Å². The first-order valence-electron chi connectivity index (χ1n) is 8.34. The summed E-state index contributed by atoms with van der Waals surface area (Å²) < 4.78 is 0. The molecule has 0 saturated heterocycles. The Balaban J connectivity index is 1.58. The van der Waals surface area contributed by atoms with Crippen LogP contribution in [0.15, 0.2) is 24.3 Å². The summed E-state index contributed by atoms with van der Waals surface area (Å²) in [6.45, 7) is 0. The molecule has 1 unspecified atom stereocenters. The van der Waals surface area contributed by atoms with Gasteiger partial charge < -0.3 is 11.1 Å². The number of rotatable bonds is 5. The molecule has 3 N–H and O–H groups in total. The van der Waals surface area contributed by atoms with Gasteiger partial charge in [-0.2, -0.15) is 0 Å². The highest BCUT2D eigenvalue weighted by Crippen LogP contribution is 2.46. The highest BCUT2D eigenvalue weighted by molar-refractivity contribution is 7.18. The molecule has 130 valence electrons. The summed E-state index contributed by atoms with van der Waals surface area (Å²) in [6.07, 6.45) is 4.95. The summed E-state index contributed by atoms with van der Waals surface area (Å²) in [5.41, 5.74) is 5.74. The molecule has 2 fully saturated rings. The molecule has 0 radical (unpaired) electrons. The molecule has 1 aromatic heterocycles. The van der Waals surface area contributed by atoms with E-state index in [1.54, 1.807) is 6.07 Å². The van der Waals surface area contributed by atoms with Crippen LogP contribution in [0.5, 0.6) is 0 Å². The molecule has 1 heterocycles. The van der Waals surface area contributed by atoms with Crippen molar-refractivity contribution in [1.82, 2.24) is 4.98 Å². The van der Waals surface area contributed by atoms with Crippen molar-refractivity contribution < 1.29 is 9.72 Å². The fourth-order valence-corrected chi connectivity index (χ4v) is 4.98. The van der Waals surface area contributed by atoms with E-state index in [1.807, 2.05) is 0 Å². The number of benzene rings is 1. The van der Waals surface area contributed by atoms with Crippen LogP contribution in [0.3, 0.4) is 0 Å². The predicted molar refractivity (Wildman–Crippen MR) is 95.9 cm³/mol. The lowest BCUT2D eigenvalue weighted by atomic mass is 9.96. The molecule has 2 aliphatic rings. The van der Waals surface area contributed by atoms with E-state index in [4.69, 9.17) is 5.73 Å². The molecule has 8 heteroatoms. The van der Waals surface area contributed by atoms with Crippen molar-refractivity contribution in [3.05, 3.63) is 44.8 Å². The van der Waals surface area contributed by atoms with E-state index in [-0.39, 0.29) is 21.9 Å². The Morgan fingerprint density at radius 1 is 1.32 bits per heavy atom. The Labute approximate surface area is 148 Å². The first kappa shape index (κ1) is 16.0. The van der Waals surface area contributed by atoms with Gasteiger partial charge in [-0.1, -0.05) is 29.9 Å². The van der Waals surface area contributed by atoms with E-state index in [0.717, 1.165) is 12.3 Å². The number of nitrogens with one attached hydrogen (secondary N) is 1. The second-order valence-electron chi connectivity index (χ2n) is 6.76. The minimum Gasteiger partial charge on any atom is -0.382 e. The maximum atomic E-state index is 12.7. The lowest BCUT2D eigenvalue weighted by molar-refractivity contribution is -0.385. The van der Waals surface area contributed by atoms with Crippen molar-refractivity contribution in [3.63, 3.8) is 0 Å². The molecule has 25 heavy (non-hydrogen) atoms. The monoisotopic (exact) mass is 358 g/mol. The Morgan fingerprint density at radius 3 is 2.80 bits per heavy atom. The van der Waals surface area contributed by atoms with Gasteiger partial charge in [-0.25, -0.2) is 4.98 Å². The van der Waals surface area contributed by atoms with Crippen LogP contribution in [0, 0.1) is 22.0 Å². The molecule has 0 spiro atoms. The van der Waals surface area contributed by atoms with Gasteiger partial charge in [-0.15, -0.1) is 0 Å². The third kappa shape index (κ3) is 2.86. The fraction of sp³-hybridized carbons (Fsp3) is 0.412. The zero-order valence-corrected chi connectivity index (χ0v) is 14.3. The van der Waals surface area contributed by atoms with Gasteiger partial charge in [-0.3, -0.25) is 14.9 Å². The van der Waals surface area contributed by atoms with Gasteiger partial charge in [-0.05, 0) is 37.2 Å². The molecule has 2 bridgehead atoms. The number of carbonyl (C=O) groups is 1. The minimum absolute atomic E-state index is 0.0364. The van der Waals surface area contributed by atoms with Crippen LogP contribution in [-0.2, 0) is 0 Å². The zero-order valence-electron chi connectivity index (χ0n) is 13.5. The molecule has 3 atom stereocenters. The van der Waals surface area contributed by atoms with Crippen LogP contribution >= 0.6 is 11.3 Å². The van der Waals surface area contributed by atoms with Crippen molar-refractivity contribution >= 4 is 33.8 Å². The van der Waals surface area contributed by atoms with Crippen LogP contribution in [0.2, 0.25) is 0 Å². The third-order valence-electron chi connectivity index (χ3n) is 5.25. The molecule has 2 aliphatic carbocycles. The van der Waals surface area contributed by atoms with Gasteiger partial charge in [0.2, 0.25) is 5.78 Å². The largest absolute Gasteiger partial charge is 0.382 e. The normalized spacial score (nSPS) is 24.4. The summed E-state index contributed by atoms with van der Waals surface area (Å²) >= 11 is 1.18. The van der Waals surface area contributed by atoms with E-state index in [1.165, 1.54) is 48.8 Å². The molecule has 1 aromatic carbocycles. The summed E-state index contributed by atoms with van der Waals surface area (Å²) in [4.78, 5) is 27.8. The van der Waals surface area contributed by atoms with Crippen molar-refractivity contribution in [2.45, 2.75) is 31.7 Å². The van der Waals surface area contributed by atoms with Crippen molar-refractivity contribution in [1.29, 1.82) is 0 Å². The Bertz CT molecular complexity index is 850. The number of nitrogen functional groups attached to an aromatic ring is 1. The second kappa shape index (κ2) is 6.11. The molecular weight excluding hydrogens is 340 g/mol. The number of fused-ring (bicyclic) bond motifs is 2. The number of thiazole rings is 1. The highest BCUT2D eigenvalue weighted by Gasteiger charge is 2.40. The summed E-state index contributed by atoms with van der Waals surface area (Å²) in [5.74, 6) is 1.14. The number of hydrogen-bond acceptors (Lipinski definition) is 7. The summed E-state index contributed by atoms with van der Waals surface area (Å²) in [5, 5.41) is 15.2. The lowest BCUT2D eigenvalue weighted by Gasteiger charge is -2.22. The first-order chi connectivity index (χ1) is 12.0. The maximum Gasteiger partial charge on any atom is 0.280 e. The molecule has 0 amide bonds. The topological polar surface area (TPSA) is 111 Å². The number of aromatic nitrogens is 1. The smallest absolute Gasteiger partial charge is 0.280 e. The predicted octanol–water partition coefficient (Wildman–Crippen LogP) is 3.47. The molecule has 2 aromatic rings. The van der Waals surface area contributed by atoms with E-state index in [2.05, 4.69) is 10.3 Å². The minimum atomic E-state index is -0.557. The quantitative estimate of drug-likeness (QED) is 0.481.